The smallest absolute Gasteiger partial charge is 0.263 e. The first-order valence-electron chi connectivity index (χ1n) is 7.99. The normalized spacial score (nSPS) is 11.1. The first-order chi connectivity index (χ1) is 12.9. The number of nitrogens with zero attached hydrogens (tertiary/aromatic N) is 5. The Bertz CT molecular complexity index is 1240. The number of halogens is 1. The first-order valence-corrected chi connectivity index (χ1v) is 9.07. The fraction of sp³-hybridized carbons (Fsp3) is 0.118. The second-order valence-electron chi connectivity index (χ2n) is 5.91. The summed E-state index contributed by atoms with van der Waals surface area (Å²) in [6.07, 6.45) is 1.46. The lowest BCUT2D eigenvalue weighted by atomic mass is 10.2. The molecule has 0 saturated heterocycles. The van der Waals surface area contributed by atoms with Crippen molar-refractivity contribution in [2.45, 2.75) is 6.92 Å². The third-order valence-electron chi connectivity index (χ3n) is 3.98. The van der Waals surface area contributed by atoms with Gasteiger partial charge in [0, 0.05) is 16.7 Å². The van der Waals surface area contributed by atoms with Crippen LogP contribution in [0.1, 0.15) is 16.1 Å². The Labute approximate surface area is 166 Å². The van der Waals surface area contributed by atoms with Gasteiger partial charge in [-0.1, -0.05) is 12.1 Å². The number of carbonyl (C=O) groups is 1. The minimum atomic E-state index is -0.328. The lowest BCUT2D eigenvalue weighted by Crippen LogP contribution is -2.19. The fourth-order valence-electron chi connectivity index (χ4n) is 2.70. The maximum atomic E-state index is 12.7. The van der Waals surface area contributed by atoms with E-state index in [9.17, 15) is 9.59 Å². The van der Waals surface area contributed by atoms with Crippen molar-refractivity contribution in [1.29, 1.82) is 0 Å². The SMILES string of the molecule is Cc1cc(NC(=O)c2ccccc2I)n(-c2nc3c(cnn3C)c(=O)[nH]2)n1. The Morgan fingerprint density at radius 1 is 1.30 bits per heavy atom. The fourth-order valence-corrected chi connectivity index (χ4v) is 3.33. The van der Waals surface area contributed by atoms with Crippen molar-refractivity contribution in [3.63, 3.8) is 0 Å². The highest BCUT2D eigenvalue weighted by Crippen LogP contribution is 2.18. The van der Waals surface area contributed by atoms with Crippen molar-refractivity contribution in [3.8, 4) is 5.95 Å². The molecular formula is C17H14IN7O2. The van der Waals surface area contributed by atoms with E-state index in [0.717, 1.165) is 3.57 Å². The maximum Gasteiger partial charge on any atom is 0.263 e. The summed E-state index contributed by atoms with van der Waals surface area (Å²) >= 11 is 2.11. The van der Waals surface area contributed by atoms with Gasteiger partial charge in [-0.15, -0.1) is 0 Å². The van der Waals surface area contributed by atoms with Gasteiger partial charge in [0.1, 0.15) is 11.2 Å². The van der Waals surface area contributed by atoms with Crippen molar-refractivity contribution >= 4 is 45.3 Å². The van der Waals surface area contributed by atoms with E-state index < -0.39 is 0 Å². The Morgan fingerprint density at radius 3 is 2.85 bits per heavy atom. The molecule has 3 aromatic heterocycles. The van der Waals surface area contributed by atoms with Crippen LogP contribution >= 0.6 is 22.6 Å². The summed E-state index contributed by atoms with van der Waals surface area (Å²) in [5.74, 6) is 0.328. The molecule has 27 heavy (non-hydrogen) atoms. The van der Waals surface area contributed by atoms with Gasteiger partial charge >= 0.3 is 0 Å². The van der Waals surface area contributed by atoms with E-state index in [-0.39, 0.29) is 17.4 Å². The number of rotatable bonds is 3. The largest absolute Gasteiger partial charge is 0.306 e. The van der Waals surface area contributed by atoms with E-state index in [1.54, 1.807) is 32.2 Å². The van der Waals surface area contributed by atoms with Crippen molar-refractivity contribution in [3.05, 3.63) is 61.7 Å². The van der Waals surface area contributed by atoms with Crippen LogP contribution in [0.4, 0.5) is 5.82 Å². The summed E-state index contributed by atoms with van der Waals surface area (Å²) in [7, 11) is 1.70. The van der Waals surface area contributed by atoms with Gasteiger partial charge in [-0.25, -0.2) is 0 Å². The van der Waals surface area contributed by atoms with Crippen molar-refractivity contribution in [2.75, 3.05) is 5.32 Å². The van der Waals surface area contributed by atoms with Crippen LogP contribution < -0.4 is 10.9 Å². The minimum absolute atomic E-state index is 0.197. The molecule has 1 amide bonds. The zero-order valence-corrected chi connectivity index (χ0v) is 16.6. The summed E-state index contributed by atoms with van der Waals surface area (Å²) in [6.45, 7) is 1.79. The molecule has 0 aliphatic carbocycles. The predicted molar refractivity (Wildman–Crippen MR) is 108 cm³/mol. The number of nitrogens with one attached hydrogen (secondary N) is 2. The highest BCUT2D eigenvalue weighted by molar-refractivity contribution is 14.1. The van der Waals surface area contributed by atoms with Gasteiger partial charge in [0.15, 0.2) is 5.65 Å². The van der Waals surface area contributed by atoms with E-state index in [1.807, 2.05) is 12.1 Å². The van der Waals surface area contributed by atoms with Crippen LogP contribution in [0.25, 0.3) is 17.0 Å². The van der Waals surface area contributed by atoms with Gasteiger partial charge in [-0.05, 0) is 41.6 Å². The standard InChI is InChI=1S/C17H14IN7O2/c1-9-7-13(20-15(26)10-5-3-4-6-12(10)18)25(23-9)17-21-14-11(16(27)22-17)8-19-24(14)2/h3-8H,1-2H3,(H,20,26)(H,21,22,27). The monoisotopic (exact) mass is 475 g/mol. The van der Waals surface area contributed by atoms with Crippen molar-refractivity contribution in [1.82, 2.24) is 29.5 Å². The lowest BCUT2D eigenvalue weighted by Gasteiger charge is -2.09. The number of aryl methyl sites for hydroxylation is 2. The van der Waals surface area contributed by atoms with Gasteiger partial charge in [0.05, 0.1) is 17.5 Å². The summed E-state index contributed by atoms with van der Waals surface area (Å²) in [4.78, 5) is 32.1. The van der Waals surface area contributed by atoms with Crippen LogP contribution in [0.3, 0.4) is 0 Å². The number of hydrogen-bond donors (Lipinski definition) is 2. The molecule has 136 valence electrons. The Balaban J connectivity index is 1.78. The van der Waals surface area contributed by atoms with E-state index in [2.05, 4.69) is 48.1 Å². The van der Waals surface area contributed by atoms with Gasteiger partial charge in [0.25, 0.3) is 11.5 Å². The summed E-state index contributed by atoms with van der Waals surface area (Å²) in [6, 6.07) is 8.97. The highest BCUT2D eigenvalue weighted by Gasteiger charge is 2.17. The third-order valence-corrected chi connectivity index (χ3v) is 4.92. The second-order valence-corrected chi connectivity index (χ2v) is 7.07. The number of hydrogen-bond acceptors (Lipinski definition) is 5. The molecule has 3 heterocycles. The predicted octanol–water partition coefficient (Wildman–Crippen LogP) is 2.01. The van der Waals surface area contributed by atoms with Crippen LogP contribution in [0.2, 0.25) is 0 Å². The van der Waals surface area contributed by atoms with Crippen molar-refractivity contribution in [2.24, 2.45) is 7.05 Å². The van der Waals surface area contributed by atoms with Crippen LogP contribution in [0.5, 0.6) is 0 Å². The van der Waals surface area contributed by atoms with Gasteiger partial charge in [0.2, 0.25) is 5.95 Å². The zero-order valence-electron chi connectivity index (χ0n) is 14.4. The Hall–Kier alpha value is -3.02. The molecule has 0 saturated carbocycles. The number of fused-ring (bicyclic) bond motifs is 1. The average molecular weight is 475 g/mol. The molecule has 1 aromatic carbocycles. The van der Waals surface area contributed by atoms with Gasteiger partial charge in [-0.2, -0.15) is 19.9 Å². The minimum Gasteiger partial charge on any atom is -0.306 e. The molecule has 0 atom stereocenters. The molecular weight excluding hydrogens is 461 g/mol. The van der Waals surface area contributed by atoms with Crippen LogP contribution in [0.15, 0.2) is 41.3 Å². The molecule has 10 heteroatoms. The quantitative estimate of drug-likeness (QED) is 0.441. The Morgan fingerprint density at radius 2 is 2.07 bits per heavy atom. The maximum absolute atomic E-state index is 12.7. The summed E-state index contributed by atoms with van der Waals surface area (Å²) in [5.41, 5.74) is 1.32. The van der Waals surface area contributed by atoms with Crippen molar-refractivity contribution < 1.29 is 4.79 Å². The molecule has 0 fully saturated rings. The molecule has 2 N–H and O–H groups in total. The number of aromatic nitrogens is 6. The molecule has 0 aliphatic heterocycles. The number of anilines is 1. The van der Waals surface area contributed by atoms with E-state index in [0.29, 0.717) is 28.1 Å². The molecule has 0 radical (unpaired) electrons. The summed E-state index contributed by atoms with van der Waals surface area (Å²) < 4.78 is 3.74. The van der Waals surface area contributed by atoms with E-state index in [1.165, 1.54) is 15.6 Å². The molecule has 9 nitrogen and oxygen atoms in total. The second kappa shape index (κ2) is 6.61. The molecule has 4 rings (SSSR count). The molecule has 0 unspecified atom stereocenters. The highest BCUT2D eigenvalue weighted by atomic mass is 127. The zero-order chi connectivity index (χ0) is 19.1. The van der Waals surface area contributed by atoms with E-state index in [4.69, 9.17) is 0 Å². The number of H-pyrrole nitrogens is 1. The van der Waals surface area contributed by atoms with E-state index >= 15 is 0 Å². The lowest BCUT2D eigenvalue weighted by molar-refractivity contribution is 0.102. The number of amides is 1. The molecule has 4 aromatic rings. The summed E-state index contributed by atoms with van der Waals surface area (Å²) in [5, 5.41) is 11.6. The van der Waals surface area contributed by atoms with Gasteiger partial charge < -0.3 is 5.32 Å². The first kappa shape index (κ1) is 17.4. The third kappa shape index (κ3) is 3.12. The Kier molecular flexibility index (Phi) is 4.26. The van der Waals surface area contributed by atoms with Crippen LogP contribution in [0, 0.1) is 10.5 Å². The number of carbonyl (C=O) groups excluding carboxylic acids is 1. The average Bonchev–Trinajstić information content (AvgIpc) is 3.18. The van der Waals surface area contributed by atoms with Gasteiger partial charge in [-0.3, -0.25) is 19.3 Å². The molecule has 0 aliphatic rings. The topological polar surface area (TPSA) is 110 Å². The molecule has 0 spiro atoms. The van der Waals surface area contributed by atoms with Crippen LogP contribution in [-0.4, -0.2) is 35.4 Å². The molecule has 0 bridgehead atoms. The number of aromatic amines is 1. The van der Waals surface area contributed by atoms with Crippen LogP contribution in [-0.2, 0) is 7.05 Å². The number of benzene rings is 1.